The predicted molar refractivity (Wildman–Crippen MR) is 90.1 cm³/mol. The summed E-state index contributed by atoms with van der Waals surface area (Å²) in [6, 6.07) is 11.0. The Labute approximate surface area is 131 Å². The van der Waals surface area contributed by atoms with Crippen LogP contribution in [0.1, 0.15) is 29.0 Å². The van der Waals surface area contributed by atoms with Crippen molar-refractivity contribution in [1.82, 2.24) is 0 Å². The molecule has 1 heterocycles. The number of nitrogens with two attached hydrogens (primary N) is 1. The van der Waals surface area contributed by atoms with Crippen LogP contribution in [-0.4, -0.2) is 6.04 Å². The number of benzene rings is 1. The van der Waals surface area contributed by atoms with Gasteiger partial charge in [0, 0.05) is 25.7 Å². The summed E-state index contributed by atoms with van der Waals surface area (Å²) in [6.07, 6.45) is 0.985. The molecule has 0 saturated carbocycles. The van der Waals surface area contributed by atoms with E-state index in [0.29, 0.717) is 5.25 Å². The zero-order valence-electron chi connectivity index (χ0n) is 11.1. The van der Waals surface area contributed by atoms with Gasteiger partial charge in [-0.1, -0.05) is 24.6 Å². The fourth-order valence-corrected chi connectivity index (χ4v) is 4.95. The molecule has 2 aromatic rings. The van der Waals surface area contributed by atoms with Crippen LogP contribution in [0.25, 0.3) is 0 Å². The number of hydrogen-bond acceptors (Lipinski definition) is 3. The van der Waals surface area contributed by atoms with Crippen LogP contribution in [0.3, 0.4) is 0 Å². The molecule has 1 nitrogen and oxygen atoms in total. The second-order valence-corrected chi connectivity index (χ2v) is 7.67. The maximum Gasteiger partial charge on any atom is 0.0589 e. The molecule has 0 saturated heterocycles. The van der Waals surface area contributed by atoms with Crippen LogP contribution in [0.2, 0.25) is 0 Å². The maximum atomic E-state index is 6.31. The Balaban J connectivity index is 2.24. The lowest BCUT2D eigenvalue weighted by Gasteiger charge is -2.21. The van der Waals surface area contributed by atoms with E-state index in [4.69, 9.17) is 5.73 Å². The Bertz CT molecular complexity index is 538. The van der Waals surface area contributed by atoms with Crippen LogP contribution in [0.5, 0.6) is 0 Å². The van der Waals surface area contributed by atoms with E-state index in [2.05, 4.69) is 65.5 Å². The number of hydrogen-bond donors (Lipinski definition) is 1. The van der Waals surface area contributed by atoms with Gasteiger partial charge in [0.15, 0.2) is 0 Å². The van der Waals surface area contributed by atoms with Gasteiger partial charge in [-0.2, -0.15) is 0 Å². The second kappa shape index (κ2) is 6.93. The van der Waals surface area contributed by atoms with Gasteiger partial charge >= 0.3 is 0 Å². The largest absolute Gasteiger partial charge is 0.326 e. The first-order valence-corrected chi connectivity index (χ1v) is 8.88. The van der Waals surface area contributed by atoms with Crippen molar-refractivity contribution in [1.29, 1.82) is 0 Å². The molecule has 2 unspecified atom stereocenters. The molecule has 0 aliphatic carbocycles. The molecule has 1 aromatic carbocycles. The second-order valence-electron chi connectivity index (χ2n) is 4.59. The fourth-order valence-electron chi connectivity index (χ4n) is 1.88. The molecule has 2 rings (SSSR count). The van der Waals surface area contributed by atoms with Crippen LogP contribution in [0.4, 0.5) is 0 Å². The third-order valence-electron chi connectivity index (χ3n) is 2.98. The monoisotopic (exact) mass is 355 g/mol. The van der Waals surface area contributed by atoms with E-state index in [1.807, 2.05) is 11.8 Å². The maximum absolute atomic E-state index is 6.31. The number of aryl methyl sites for hydroxylation is 1. The van der Waals surface area contributed by atoms with Crippen LogP contribution in [-0.2, 0) is 0 Å². The first-order valence-electron chi connectivity index (χ1n) is 6.33. The van der Waals surface area contributed by atoms with Crippen molar-refractivity contribution in [2.75, 3.05) is 0 Å². The molecule has 0 bridgehead atoms. The zero-order chi connectivity index (χ0) is 13.8. The van der Waals surface area contributed by atoms with Crippen molar-refractivity contribution in [3.63, 3.8) is 0 Å². The molecule has 2 atom stereocenters. The van der Waals surface area contributed by atoms with Gasteiger partial charge in [-0.3, -0.25) is 0 Å². The first-order chi connectivity index (χ1) is 9.10. The summed E-state index contributed by atoms with van der Waals surface area (Å²) in [5, 5.41) is 2.45. The van der Waals surface area contributed by atoms with E-state index in [1.165, 1.54) is 15.3 Å². The molecule has 0 radical (unpaired) electrons. The summed E-state index contributed by atoms with van der Waals surface area (Å²) in [4.78, 5) is 2.63. The highest BCUT2D eigenvalue weighted by molar-refractivity contribution is 9.10. The van der Waals surface area contributed by atoms with Crippen molar-refractivity contribution < 1.29 is 0 Å². The minimum Gasteiger partial charge on any atom is -0.326 e. The van der Waals surface area contributed by atoms with Crippen LogP contribution < -0.4 is 5.73 Å². The van der Waals surface area contributed by atoms with Gasteiger partial charge in [-0.25, -0.2) is 0 Å². The number of halogens is 1. The smallest absolute Gasteiger partial charge is 0.0589 e. The molecular formula is C15H18BrNS2. The average Bonchev–Trinajstić information content (AvgIpc) is 2.81. The highest BCUT2D eigenvalue weighted by atomic mass is 79.9. The van der Waals surface area contributed by atoms with E-state index < -0.39 is 0 Å². The lowest BCUT2D eigenvalue weighted by molar-refractivity contribution is 0.640. The van der Waals surface area contributed by atoms with Crippen molar-refractivity contribution in [2.45, 2.75) is 36.5 Å². The zero-order valence-corrected chi connectivity index (χ0v) is 14.3. The molecule has 0 aliphatic rings. The fraction of sp³-hybridized carbons (Fsp3) is 0.333. The minimum absolute atomic E-state index is 0.177. The van der Waals surface area contributed by atoms with Crippen molar-refractivity contribution in [3.8, 4) is 0 Å². The Morgan fingerprint density at radius 1 is 1.37 bits per heavy atom. The van der Waals surface area contributed by atoms with Gasteiger partial charge in [-0.15, -0.1) is 23.1 Å². The molecule has 19 heavy (non-hydrogen) atoms. The average molecular weight is 356 g/mol. The van der Waals surface area contributed by atoms with Gasteiger partial charge in [0.25, 0.3) is 0 Å². The van der Waals surface area contributed by atoms with Crippen LogP contribution in [0, 0.1) is 6.92 Å². The summed E-state index contributed by atoms with van der Waals surface area (Å²) in [5.74, 6) is 0. The van der Waals surface area contributed by atoms with Crippen molar-refractivity contribution in [3.05, 3.63) is 50.6 Å². The van der Waals surface area contributed by atoms with E-state index >= 15 is 0 Å². The summed E-state index contributed by atoms with van der Waals surface area (Å²) in [7, 11) is 0. The summed E-state index contributed by atoms with van der Waals surface area (Å²) < 4.78 is 1.14. The molecular weight excluding hydrogens is 338 g/mol. The molecule has 0 fully saturated rings. The molecule has 102 valence electrons. The Morgan fingerprint density at radius 3 is 2.74 bits per heavy atom. The van der Waals surface area contributed by atoms with Crippen molar-refractivity contribution >= 4 is 39.0 Å². The Morgan fingerprint density at radius 2 is 2.16 bits per heavy atom. The van der Waals surface area contributed by atoms with Gasteiger partial charge in [0.1, 0.15) is 0 Å². The van der Waals surface area contributed by atoms with Crippen LogP contribution in [0.15, 0.2) is 45.1 Å². The van der Waals surface area contributed by atoms with E-state index in [9.17, 15) is 0 Å². The summed E-state index contributed by atoms with van der Waals surface area (Å²) in [6.45, 7) is 4.28. The topological polar surface area (TPSA) is 26.0 Å². The predicted octanol–water partition coefficient (Wildman–Crippen LogP) is 5.39. The standard InChI is InChI=1S/C15H18BrNS2/c1-3-13(17)15(14-8-11(16)9-18-14)19-12-6-4-5-10(2)7-12/h4-9,13,15H,3,17H2,1-2H3. The van der Waals surface area contributed by atoms with Crippen molar-refractivity contribution in [2.24, 2.45) is 5.73 Å². The molecule has 2 N–H and O–H groups in total. The third kappa shape index (κ3) is 4.09. The molecule has 0 aliphatic heterocycles. The lowest BCUT2D eigenvalue weighted by atomic mass is 10.1. The van der Waals surface area contributed by atoms with E-state index in [1.54, 1.807) is 11.3 Å². The number of rotatable bonds is 5. The molecule has 4 heteroatoms. The van der Waals surface area contributed by atoms with Gasteiger partial charge in [0.2, 0.25) is 0 Å². The van der Waals surface area contributed by atoms with E-state index in [0.717, 1.165) is 10.9 Å². The summed E-state index contributed by atoms with van der Waals surface area (Å²) in [5.41, 5.74) is 7.61. The number of thioether (sulfide) groups is 1. The lowest BCUT2D eigenvalue weighted by Crippen LogP contribution is -2.25. The molecule has 0 amide bonds. The third-order valence-corrected chi connectivity index (χ3v) is 6.29. The van der Waals surface area contributed by atoms with Gasteiger partial charge in [0.05, 0.1) is 5.25 Å². The van der Waals surface area contributed by atoms with Gasteiger partial charge in [-0.05, 0) is 47.5 Å². The quantitative estimate of drug-likeness (QED) is 0.727. The molecule has 1 aromatic heterocycles. The van der Waals surface area contributed by atoms with Crippen LogP contribution >= 0.6 is 39.0 Å². The Hall–Kier alpha value is -0.290. The SMILES string of the molecule is CCC(N)C(Sc1cccc(C)c1)c1cc(Br)cs1. The molecule has 0 spiro atoms. The minimum atomic E-state index is 0.177. The van der Waals surface area contributed by atoms with Gasteiger partial charge < -0.3 is 5.73 Å². The normalized spacial score (nSPS) is 14.3. The Kier molecular flexibility index (Phi) is 5.51. The summed E-state index contributed by atoms with van der Waals surface area (Å²) >= 11 is 7.17. The van der Waals surface area contributed by atoms with E-state index in [-0.39, 0.29) is 6.04 Å². The highest BCUT2D eigenvalue weighted by Crippen LogP contribution is 2.41. The highest BCUT2D eigenvalue weighted by Gasteiger charge is 2.21. The number of thiophene rings is 1. The first kappa shape index (κ1) is 15.1.